The molecule has 1 fully saturated rings. The van der Waals surface area contributed by atoms with Crippen molar-refractivity contribution in [1.29, 1.82) is 0 Å². The van der Waals surface area contributed by atoms with Crippen LogP contribution in [0.15, 0.2) is 18.3 Å². The Bertz CT molecular complexity index is 321. The second-order valence-electron chi connectivity index (χ2n) is 4.22. The minimum atomic E-state index is 0.185. The highest BCUT2D eigenvalue weighted by molar-refractivity contribution is 5.20. The van der Waals surface area contributed by atoms with Crippen molar-refractivity contribution in [3.63, 3.8) is 0 Å². The number of hydrogen-bond acceptors (Lipinski definition) is 4. The number of aromatic nitrogens is 1. The standard InChI is InChI=1S/C13H20N2O2/c1-2-14-8-11-5-6-12(9-15-11)17-13-4-3-7-16-10-13/h5-6,9,13-14H,2-4,7-8,10H2,1H3. The predicted molar refractivity (Wildman–Crippen MR) is 66.1 cm³/mol. The number of ether oxygens (including phenoxy) is 2. The average molecular weight is 236 g/mol. The van der Waals surface area contributed by atoms with Crippen LogP contribution in [0.4, 0.5) is 0 Å². The zero-order valence-corrected chi connectivity index (χ0v) is 10.3. The molecule has 0 radical (unpaired) electrons. The van der Waals surface area contributed by atoms with E-state index in [1.807, 2.05) is 12.1 Å². The summed E-state index contributed by atoms with van der Waals surface area (Å²) in [7, 11) is 0. The van der Waals surface area contributed by atoms with Crippen LogP contribution >= 0.6 is 0 Å². The van der Waals surface area contributed by atoms with Crippen molar-refractivity contribution in [2.24, 2.45) is 0 Å². The summed E-state index contributed by atoms with van der Waals surface area (Å²) in [4.78, 5) is 4.35. The first-order valence-corrected chi connectivity index (χ1v) is 6.28. The maximum atomic E-state index is 5.81. The molecule has 0 spiro atoms. The van der Waals surface area contributed by atoms with Gasteiger partial charge in [-0.05, 0) is 31.5 Å². The molecule has 1 aromatic rings. The van der Waals surface area contributed by atoms with Crippen molar-refractivity contribution in [1.82, 2.24) is 10.3 Å². The van der Waals surface area contributed by atoms with Crippen molar-refractivity contribution in [2.45, 2.75) is 32.4 Å². The summed E-state index contributed by atoms with van der Waals surface area (Å²) in [5.41, 5.74) is 1.04. The van der Waals surface area contributed by atoms with E-state index in [0.717, 1.165) is 44.0 Å². The molecular weight excluding hydrogens is 216 g/mol. The Labute approximate surface area is 102 Å². The molecular formula is C13H20N2O2. The van der Waals surface area contributed by atoms with Crippen LogP contribution in [0.2, 0.25) is 0 Å². The van der Waals surface area contributed by atoms with Crippen LogP contribution in [0.5, 0.6) is 5.75 Å². The molecule has 2 rings (SSSR count). The second-order valence-corrected chi connectivity index (χ2v) is 4.22. The summed E-state index contributed by atoms with van der Waals surface area (Å²) >= 11 is 0. The van der Waals surface area contributed by atoms with Crippen molar-refractivity contribution >= 4 is 0 Å². The van der Waals surface area contributed by atoms with Gasteiger partial charge in [-0.2, -0.15) is 0 Å². The fourth-order valence-electron chi connectivity index (χ4n) is 1.83. The first-order valence-electron chi connectivity index (χ1n) is 6.28. The van der Waals surface area contributed by atoms with Crippen molar-refractivity contribution in [3.05, 3.63) is 24.0 Å². The lowest BCUT2D eigenvalue weighted by Gasteiger charge is -2.23. The van der Waals surface area contributed by atoms with Crippen molar-refractivity contribution in [3.8, 4) is 5.75 Å². The van der Waals surface area contributed by atoms with E-state index in [9.17, 15) is 0 Å². The number of hydrogen-bond donors (Lipinski definition) is 1. The zero-order valence-electron chi connectivity index (χ0n) is 10.3. The molecule has 2 heterocycles. The molecule has 1 unspecified atom stereocenters. The first-order chi connectivity index (χ1) is 8.38. The van der Waals surface area contributed by atoms with Gasteiger partial charge in [0.05, 0.1) is 18.5 Å². The van der Waals surface area contributed by atoms with Crippen LogP contribution in [0.1, 0.15) is 25.5 Å². The lowest BCUT2D eigenvalue weighted by Crippen LogP contribution is -2.28. The van der Waals surface area contributed by atoms with Crippen molar-refractivity contribution in [2.75, 3.05) is 19.8 Å². The van der Waals surface area contributed by atoms with Crippen LogP contribution in [-0.4, -0.2) is 30.8 Å². The third kappa shape index (κ3) is 3.98. The van der Waals surface area contributed by atoms with Crippen LogP contribution in [0, 0.1) is 0 Å². The summed E-state index contributed by atoms with van der Waals surface area (Å²) in [6.45, 7) is 5.40. The maximum Gasteiger partial charge on any atom is 0.138 e. The van der Waals surface area contributed by atoms with Gasteiger partial charge in [-0.1, -0.05) is 6.92 Å². The average Bonchev–Trinajstić information content (AvgIpc) is 2.39. The van der Waals surface area contributed by atoms with Gasteiger partial charge in [0.2, 0.25) is 0 Å². The highest BCUT2D eigenvalue weighted by Gasteiger charge is 2.15. The fourth-order valence-corrected chi connectivity index (χ4v) is 1.83. The summed E-state index contributed by atoms with van der Waals surface area (Å²) in [6, 6.07) is 3.98. The molecule has 0 saturated carbocycles. The quantitative estimate of drug-likeness (QED) is 0.846. The van der Waals surface area contributed by atoms with E-state index in [1.54, 1.807) is 6.20 Å². The summed E-state index contributed by atoms with van der Waals surface area (Å²) < 4.78 is 11.2. The molecule has 1 aliphatic heterocycles. The summed E-state index contributed by atoms with van der Waals surface area (Å²) in [6.07, 6.45) is 4.13. The number of nitrogens with zero attached hydrogens (tertiary/aromatic N) is 1. The molecule has 4 nitrogen and oxygen atoms in total. The molecule has 1 aliphatic rings. The molecule has 4 heteroatoms. The third-order valence-electron chi connectivity index (χ3n) is 2.77. The van der Waals surface area contributed by atoms with Gasteiger partial charge in [0.1, 0.15) is 11.9 Å². The number of nitrogens with one attached hydrogen (secondary N) is 1. The van der Waals surface area contributed by atoms with Gasteiger partial charge in [-0.25, -0.2) is 0 Å². The van der Waals surface area contributed by atoms with E-state index in [1.165, 1.54) is 0 Å². The van der Waals surface area contributed by atoms with Gasteiger partial charge >= 0.3 is 0 Å². The second kappa shape index (κ2) is 6.57. The highest BCUT2D eigenvalue weighted by Crippen LogP contribution is 2.16. The van der Waals surface area contributed by atoms with E-state index in [4.69, 9.17) is 9.47 Å². The number of rotatable bonds is 5. The number of pyridine rings is 1. The van der Waals surface area contributed by atoms with E-state index in [2.05, 4.69) is 17.2 Å². The lowest BCUT2D eigenvalue weighted by atomic mass is 10.2. The molecule has 1 atom stereocenters. The molecule has 0 bridgehead atoms. The van der Waals surface area contributed by atoms with E-state index in [0.29, 0.717) is 6.61 Å². The Morgan fingerprint density at radius 1 is 1.53 bits per heavy atom. The molecule has 17 heavy (non-hydrogen) atoms. The largest absolute Gasteiger partial charge is 0.486 e. The molecule has 94 valence electrons. The van der Waals surface area contributed by atoms with Crippen LogP contribution < -0.4 is 10.1 Å². The predicted octanol–water partition coefficient (Wildman–Crippen LogP) is 1.75. The monoisotopic (exact) mass is 236 g/mol. The molecule has 0 amide bonds. The summed E-state index contributed by atoms with van der Waals surface area (Å²) in [5.74, 6) is 0.834. The van der Waals surface area contributed by atoms with E-state index >= 15 is 0 Å². The Hall–Kier alpha value is -1.13. The maximum absolute atomic E-state index is 5.81. The SMILES string of the molecule is CCNCc1ccc(OC2CCCOC2)cn1. The summed E-state index contributed by atoms with van der Waals surface area (Å²) in [5, 5.41) is 3.24. The van der Waals surface area contributed by atoms with Crippen LogP contribution in [0.25, 0.3) is 0 Å². The molecule has 0 aliphatic carbocycles. The van der Waals surface area contributed by atoms with Gasteiger partial charge in [-0.3, -0.25) is 4.98 Å². The van der Waals surface area contributed by atoms with Gasteiger partial charge < -0.3 is 14.8 Å². The van der Waals surface area contributed by atoms with Gasteiger partial charge in [0.25, 0.3) is 0 Å². The van der Waals surface area contributed by atoms with E-state index < -0.39 is 0 Å². The molecule has 0 aromatic carbocycles. The fraction of sp³-hybridized carbons (Fsp3) is 0.615. The van der Waals surface area contributed by atoms with Crippen LogP contribution in [0.3, 0.4) is 0 Å². The smallest absolute Gasteiger partial charge is 0.138 e. The normalized spacial score (nSPS) is 20.2. The van der Waals surface area contributed by atoms with E-state index in [-0.39, 0.29) is 6.10 Å². The lowest BCUT2D eigenvalue weighted by molar-refractivity contribution is 0.00727. The highest BCUT2D eigenvalue weighted by atomic mass is 16.5. The molecule has 1 aromatic heterocycles. The Balaban J connectivity index is 1.84. The van der Waals surface area contributed by atoms with Gasteiger partial charge in [0.15, 0.2) is 0 Å². The first kappa shape index (κ1) is 12.3. The molecule has 1 N–H and O–H groups in total. The minimum absolute atomic E-state index is 0.185. The van der Waals surface area contributed by atoms with Gasteiger partial charge in [-0.15, -0.1) is 0 Å². The minimum Gasteiger partial charge on any atom is -0.486 e. The van der Waals surface area contributed by atoms with Crippen molar-refractivity contribution < 1.29 is 9.47 Å². The Kier molecular flexibility index (Phi) is 4.76. The topological polar surface area (TPSA) is 43.4 Å². The van der Waals surface area contributed by atoms with Gasteiger partial charge in [0, 0.05) is 13.2 Å². The Morgan fingerprint density at radius 2 is 2.47 bits per heavy atom. The Morgan fingerprint density at radius 3 is 3.12 bits per heavy atom. The third-order valence-corrected chi connectivity index (χ3v) is 2.77. The molecule has 1 saturated heterocycles. The zero-order chi connectivity index (χ0) is 11.9. The van der Waals surface area contributed by atoms with Crippen LogP contribution in [-0.2, 0) is 11.3 Å².